The third-order valence-corrected chi connectivity index (χ3v) is 4.38. The molecule has 1 amide bonds. The number of aryl methyl sites for hydroxylation is 1. The number of hydrogen-bond donors (Lipinski definition) is 1. The number of carbonyl (C=O) groups is 1. The van der Waals surface area contributed by atoms with Crippen LogP contribution in [0.2, 0.25) is 0 Å². The summed E-state index contributed by atoms with van der Waals surface area (Å²) in [4.78, 5) is 16.7. The first-order chi connectivity index (χ1) is 12.3. The standard InChI is InChI=1S/C22H24N2O/c1-2-3-4-7-17-8-5-9-18(14-17)16-24-22(25)20-11-12-21-19(15-20)10-6-13-23-21/h5-6,8-15H,2-4,7,16H2,1H3,(H,24,25). The molecule has 25 heavy (non-hydrogen) atoms. The second-order valence-corrected chi connectivity index (χ2v) is 6.37. The molecule has 3 nitrogen and oxygen atoms in total. The summed E-state index contributed by atoms with van der Waals surface area (Å²) in [5.41, 5.74) is 4.06. The van der Waals surface area contributed by atoms with Crippen molar-refractivity contribution < 1.29 is 4.79 Å². The van der Waals surface area contributed by atoms with E-state index in [1.54, 1.807) is 6.20 Å². The van der Waals surface area contributed by atoms with Gasteiger partial charge < -0.3 is 5.32 Å². The Balaban J connectivity index is 1.62. The predicted molar refractivity (Wildman–Crippen MR) is 103 cm³/mol. The fourth-order valence-electron chi connectivity index (χ4n) is 2.98. The summed E-state index contributed by atoms with van der Waals surface area (Å²) >= 11 is 0. The predicted octanol–water partition coefficient (Wildman–Crippen LogP) is 4.90. The first kappa shape index (κ1) is 17.2. The highest BCUT2D eigenvalue weighted by atomic mass is 16.1. The van der Waals surface area contributed by atoms with Gasteiger partial charge in [-0.1, -0.05) is 50.1 Å². The van der Waals surface area contributed by atoms with Crippen LogP contribution < -0.4 is 5.32 Å². The van der Waals surface area contributed by atoms with Crippen molar-refractivity contribution in [3.63, 3.8) is 0 Å². The third kappa shape index (κ3) is 4.66. The first-order valence-corrected chi connectivity index (χ1v) is 8.97. The summed E-state index contributed by atoms with van der Waals surface area (Å²) in [5.74, 6) is -0.0536. The summed E-state index contributed by atoms with van der Waals surface area (Å²) in [6, 6.07) is 18.0. The number of carbonyl (C=O) groups excluding carboxylic acids is 1. The van der Waals surface area contributed by atoms with E-state index in [-0.39, 0.29) is 5.91 Å². The highest BCUT2D eigenvalue weighted by Crippen LogP contribution is 2.14. The quantitative estimate of drug-likeness (QED) is 0.625. The molecule has 0 unspecified atom stereocenters. The lowest BCUT2D eigenvalue weighted by molar-refractivity contribution is 0.0951. The minimum Gasteiger partial charge on any atom is -0.348 e. The Morgan fingerprint density at radius 2 is 1.88 bits per heavy atom. The molecule has 0 aliphatic carbocycles. The lowest BCUT2D eigenvalue weighted by atomic mass is 10.0. The van der Waals surface area contributed by atoms with Gasteiger partial charge in [0, 0.05) is 23.7 Å². The molecule has 0 aliphatic rings. The number of hydrogen-bond acceptors (Lipinski definition) is 2. The van der Waals surface area contributed by atoms with Crippen LogP contribution in [0, 0.1) is 0 Å². The molecular weight excluding hydrogens is 308 g/mol. The number of nitrogens with one attached hydrogen (secondary N) is 1. The maximum Gasteiger partial charge on any atom is 0.251 e. The molecule has 1 N–H and O–H groups in total. The zero-order valence-electron chi connectivity index (χ0n) is 14.7. The Morgan fingerprint density at radius 3 is 2.76 bits per heavy atom. The van der Waals surface area contributed by atoms with E-state index < -0.39 is 0 Å². The van der Waals surface area contributed by atoms with Gasteiger partial charge in [0.1, 0.15) is 0 Å². The number of nitrogens with zero attached hydrogens (tertiary/aromatic N) is 1. The summed E-state index contributed by atoms with van der Waals surface area (Å²) < 4.78 is 0. The van der Waals surface area contributed by atoms with Gasteiger partial charge in [0.2, 0.25) is 0 Å². The first-order valence-electron chi connectivity index (χ1n) is 8.97. The Labute approximate surface area is 149 Å². The molecular formula is C22H24N2O. The smallest absolute Gasteiger partial charge is 0.251 e. The van der Waals surface area contributed by atoms with Crippen molar-refractivity contribution in [3.05, 3.63) is 77.5 Å². The summed E-state index contributed by atoms with van der Waals surface area (Å²) in [5, 5.41) is 3.99. The van der Waals surface area contributed by atoms with Crippen LogP contribution in [0.4, 0.5) is 0 Å². The largest absolute Gasteiger partial charge is 0.348 e. The zero-order valence-corrected chi connectivity index (χ0v) is 14.7. The van der Waals surface area contributed by atoms with Crippen molar-refractivity contribution in [2.45, 2.75) is 39.2 Å². The van der Waals surface area contributed by atoms with E-state index in [9.17, 15) is 4.79 Å². The van der Waals surface area contributed by atoms with Gasteiger partial charge in [-0.15, -0.1) is 0 Å². The van der Waals surface area contributed by atoms with Crippen LogP contribution in [-0.2, 0) is 13.0 Å². The highest BCUT2D eigenvalue weighted by Gasteiger charge is 2.07. The van der Waals surface area contributed by atoms with Gasteiger partial charge in [-0.2, -0.15) is 0 Å². The average molecular weight is 332 g/mol. The molecule has 3 heteroatoms. The van der Waals surface area contributed by atoms with E-state index in [4.69, 9.17) is 0 Å². The van der Waals surface area contributed by atoms with Crippen LogP contribution in [0.5, 0.6) is 0 Å². The van der Waals surface area contributed by atoms with Crippen molar-refractivity contribution in [1.82, 2.24) is 10.3 Å². The summed E-state index contributed by atoms with van der Waals surface area (Å²) in [6.07, 6.45) is 6.58. The molecule has 0 fully saturated rings. The summed E-state index contributed by atoms with van der Waals surface area (Å²) in [6.45, 7) is 2.76. The number of fused-ring (bicyclic) bond motifs is 1. The van der Waals surface area contributed by atoms with Crippen molar-refractivity contribution in [1.29, 1.82) is 0 Å². The maximum absolute atomic E-state index is 12.4. The number of unbranched alkanes of at least 4 members (excludes halogenated alkanes) is 2. The number of amides is 1. The van der Waals surface area contributed by atoms with Crippen molar-refractivity contribution in [3.8, 4) is 0 Å². The zero-order chi connectivity index (χ0) is 17.5. The number of pyridine rings is 1. The van der Waals surface area contributed by atoms with Crippen molar-refractivity contribution in [2.75, 3.05) is 0 Å². The number of aromatic nitrogens is 1. The van der Waals surface area contributed by atoms with Gasteiger partial charge in [0.25, 0.3) is 5.91 Å². The average Bonchev–Trinajstić information content (AvgIpc) is 2.66. The molecule has 1 heterocycles. The van der Waals surface area contributed by atoms with E-state index >= 15 is 0 Å². The Kier molecular flexibility index (Phi) is 5.78. The maximum atomic E-state index is 12.4. The number of rotatable bonds is 7. The van der Waals surface area contributed by atoms with Crippen LogP contribution in [0.15, 0.2) is 60.8 Å². The van der Waals surface area contributed by atoms with E-state index in [1.165, 1.54) is 24.8 Å². The molecule has 0 radical (unpaired) electrons. The Bertz CT molecular complexity index is 857. The van der Waals surface area contributed by atoms with E-state index in [0.29, 0.717) is 12.1 Å². The summed E-state index contributed by atoms with van der Waals surface area (Å²) in [7, 11) is 0. The molecule has 0 saturated heterocycles. The molecule has 0 spiro atoms. The van der Waals surface area contributed by atoms with Gasteiger partial charge in [-0.25, -0.2) is 0 Å². The minimum absolute atomic E-state index is 0.0536. The minimum atomic E-state index is -0.0536. The van der Waals surface area contributed by atoms with Crippen LogP contribution in [0.3, 0.4) is 0 Å². The van der Waals surface area contributed by atoms with E-state index in [2.05, 4.69) is 41.5 Å². The van der Waals surface area contributed by atoms with Crippen LogP contribution in [-0.4, -0.2) is 10.9 Å². The normalized spacial score (nSPS) is 10.8. The van der Waals surface area contributed by atoms with E-state index in [1.807, 2.05) is 30.3 Å². The molecule has 128 valence electrons. The number of benzene rings is 2. The Hall–Kier alpha value is -2.68. The van der Waals surface area contributed by atoms with Crippen molar-refractivity contribution in [2.24, 2.45) is 0 Å². The second kappa shape index (κ2) is 8.43. The van der Waals surface area contributed by atoms with Gasteiger partial charge in [-0.3, -0.25) is 9.78 Å². The van der Waals surface area contributed by atoms with Gasteiger partial charge >= 0.3 is 0 Å². The van der Waals surface area contributed by atoms with Crippen LogP contribution in [0.1, 0.15) is 47.7 Å². The van der Waals surface area contributed by atoms with E-state index in [0.717, 1.165) is 22.9 Å². The third-order valence-electron chi connectivity index (χ3n) is 4.38. The highest BCUT2D eigenvalue weighted by molar-refractivity contribution is 5.97. The molecule has 3 aromatic rings. The second-order valence-electron chi connectivity index (χ2n) is 6.37. The van der Waals surface area contributed by atoms with Gasteiger partial charge in [0.05, 0.1) is 5.52 Å². The van der Waals surface area contributed by atoms with Crippen molar-refractivity contribution >= 4 is 16.8 Å². The molecule has 3 rings (SSSR count). The molecule has 0 atom stereocenters. The lowest BCUT2D eigenvalue weighted by Gasteiger charge is -2.08. The van der Waals surface area contributed by atoms with Gasteiger partial charge in [0.15, 0.2) is 0 Å². The lowest BCUT2D eigenvalue weighted by Crippen LogP contribution is -2.22. The van der Waals surface area contributed by atoms with Crippen LogP contribution in [0.25, 0.3) is 10.9 Å². The fraction of sp³-hybridized carbons (Fsp3) is 0.273. The molecule has 1 aromatic heterocycles. The molecule has 0 bridgehead atoms. The molecule has 0 aliphatic heterocycles. The van der Waals surface area contributed by atoms with Gasteiger partial charge in [-0.05, 0) is 48.2 Å². The fourth-order valence-corrected chi connectivity index (χ4v) is 2.98. The molecule has 2 aromatic carbocycles. The molecule has 0 saturated carbocycles. The topological polar surface area (TPSA) is 42.0 Å². The SMILES string of the molecule is CCCCCc1cccc(CNC(=O)c2ccc3ncccc3c2)c1. The monoisotopic (exact) mass is 332 g/mol. The Morgan fingerprint density at radius 1 is 1.00 bits per heavy atom. The van der Waals surface area contributed by atoms with Crippen LogP contribution >= 0.6 is 0 Å².